The summed E-state index contributed by atoms with van der Waals surface area (Å²) in [6, 6.07) is 0.632. The highest BCUT2D eigenvalue weighted by Gasteiger charge is 2.36. The lowest BCUT2D eigenvalue weighted by Crippen LogP contribution is -2.43. The Hall–Kier alpha value is -0.0800. The molecule has 1 atom stereocenters. The average molecular weight is 182 g/mol. The van der Waals surface area contributed by atoms with Crippen molar-refractivity contribution in [1.82, 2.24) is 5.43 Å². The highest BCUT2D eigenvalue weighted by molar-refractivity contribution is 4.91. The van der Waals surface area contributed by atoms with Crippen molar-refractivity contribution in [1.29, 1.82) is 0 Å². The molecular weight excluding hydrogens is 160 g/mol. The first-order valence-corrected chi connectivity index (χ1v) is 5.77. The Balaban J connectivity index is 1.84. The highest BCUT2D eigenvalue weighted by atomic mass is 15.2. The molecule has 1 unspecified atom stereocenters. The van der Waals surface area contributed by atoms with Crippen molar-refractivity contribution in [3.8, 4) is 0 Å². The van der Waals surface area contributed by atoms with Gasteiger partial charge in [0.15, 0.2) is 0 Å². The molecule has 0 heterocycles. The fourth-order valence-electron chi connectivity index (χ4n) is 2.76. The van der Waals surface area contributed by atoms with Gasteiger partial charge in [0.25, 0.3) is 0 Å². The summed E-state index contributed by atoms with van der Waals surface area (Å²) in [6.07, 6.45) is 8.42. The zero-order valence-electron chi connectivity index (χ0n) is 8.63. The van der Waals surface area contributed by atoms with Gasteiger partial charge in [-0.3, -0.25) is 11.3 Å². The lowest BCUT2D eigenvalue weighted by atomic mass is 9.78. The zero-order chi connectivity index (χ0) is 9.26. The maximum absolute atomic E-state index is 5.63. The summed E-state index contributed by atoms with van der Waals surface area (Å²) >= 11 is 0. The molecule has 2 fully saturated rings. The van der Waals surface area contributed by atoms with Crippen LogP contribution in [0.25, 0.3) is 0 Å². The normalized spacial score (nSPS) is 37.4. The van der Waals surface area contributed by atoms with Gasteiger partial charge in [0.05, 0.1) is 0 Å². The Morgan fingerprint density at radius 3 is 1.85 bits per heavy atom. The third-order valence-corrected chi connectivity index (χ3v) is 3.89. The van der Waals surface area contributed by atoms with Gasteiger partial charge in [0, 0.05) is 6.04 Å². The molecule has 2 nitrogen and oxygen atoms in total. The Bertz CT molecular complexity index is 157. The molecule has 13 heavy (non-hydrogen) atoms. The van der Waals surface area contributed by atoms with Crippen LogP contribution in [0, 0.1) is 17.8 Å². The SMILES string of the molecule is CC1CCC(C(NN)C2CC2)CC1. The van der Waals surface area contributed by atoms with Crippen LogP contribution in [0.2, 0.25) is 0 Å². The van der Waals surface area contributed by atoms with Gasteiger partial charge < -0.3 is 0 Å². The fraction of sp³-hybridized carbons (Fsp3) is 1.00. The first-order chi connectivity index (χ1) is 6.31. The third kappa shape index (κ3) is 2.23. The Labute approximate surface area is 81.2 Å². The van der Waals surface area contributed by atoms with Crippen molar-refractivity contribution < 1.29 is 0 Å². The lowest BCUT2D eigenvalue weighted by molar-refractivity contribution is 0.215. The van der Waals surface area contributed by atoms with Gasteiger partial charge in [-0.1, -0.05) is 19.8 Å². The van der Waals surface area contributed by atoms with Gasteiger partial charge in [0.2, 0.25) is 0 Å². The van der Waals surface area contributed by atoms with E-state index >= 15 is 0 Å². The van der Waals surface area contributed by atoms with E-state index in [1.165, 1.54) is 38.5 Å². The van der Waals surface area contributed by atoms with Crippen LogP contribution >= 0.6 is 0 Å². The van der Waals surface area contributed by atoms with Gasteiger partial charge in [-0.2, -0.15) is 0 Å². The fourth-order valence-corrected chi connectivity index (χ4v) is 2.76. The summed E-state index contributed by atoms with van der Waals surface area (Å²) in [5, 5.41) is 0. The van der Waals surface area contributed by atoms with E-state index in [2.05, 4.69) is 12.3 Å². The van der Waals surface area contributed by atoms with Crippen molar-refractivity contribution >= 4 is 0 Å². The standard InChI is InChI=1S/C11H22N2/c1-8-2-4-9(5-3-8)11(13-12)10-6-7-10/h8-11,13H,2-7,12H2,1H3. The summed E-state index contributed by atoms with van der Waals surface area (Å²) in [5.74, 6) is 8.36. The Kier molecular flexibility index (Phi) is 2.89. The molecule has 0 aromatic rings. The predicted octanol–water partition coefficient (Wildman–Crippen LogP) is 2.05. The van der Waals surface area contributed by atoms with Crippen molar-refractivity contribution in [2.45, 2.75) is 51.5 Å². The molecule has 2 saturated carbocycles. The highest BCUT2D eigenvalue weighted by Crippen LogP contribution is 2.40. The van der Waals surface area contributed by atoms with E-state index in [0.717, 1.165) is 17.8 Å². The van der Waals surface area contributed by atoms with E-state index < -0.39 is 0 Å². The van der Waals surface area contributed by atoms with Crippen LogP contribution in [0.4, 0.5) is 0 Å². The van der Waals surface area contributed by atoms with Crippen LogP contribution < -0.4 is 11.3 Å². The van der Waals surface area contributed by atoms with E-state index in [1.54, 1.807) is 0 Å². The summed E-state index contributed by atoms with van der Waals surface area (Å²) in [7, 11) is 0. The maximum Gasteiger partial charge on any atom is 0.0267 e. The van der Waals surface area contributed by atoms with E-state index in [4.69, 9.17) is 5.84 Å². The van der Waals surface area contributed by atoms with Crippen LogP contribution in [0.1, 0.15) is 45.4 Å². The molecule has 2 aliphatic carbocycles. The predicted molar refractivity (Wildman–Crippen MR) is 55.0 cm³/mol. The monoisotopic (exact) mass is 182 g/mol. The van der Waals surface area contributed by atoms with Gasteiger partial charge in [0.1, 0.15) is 0 Å². The Morgan fingerprint density at radius 2 is 1.46 bits per heavy atom. The molecule has 0 aliphatic heterocycles. The van der Waals surface area contributed by atoms with E-state index in [1.807, 2.05) is 0 Å². The quantitative estimate of drug-likeness (QED) is 0.518. The molecule has 3 N–H and O–H groups in total. The second-order valence-electron chi connectivity index (χ2n) is 5.05. The summed E-state index contributed by atoms with van der Waals surface area (Å²) in [5.41, 5.74) is 3.05. The smallest absolute Gasteiger partial charge is 0.0267 e. The number of nitrogens with two attached hydrogens (primary N) is 1. The molecular formula is C11H22N2. The minimum atomic E-state index is 0.632. The Morgan fingerprint density at radius 1 is 1.00 bits per heavy atom. The largest absolute Gasteiger partial charge is 0.271 e. The molecule has 76 valence electrons. The van der Waals surface area contributed by atoms with Gasteiger partial charge in [-0.05, 0) is 43.4 Å². The van der Waals surface area contributed by atoms with E-state index in [9.17, 15) is 0 Å². The van der Waals surface area contributed by atoms with Crippen molar-refractivity contribution in [3.05, 3.63) is 0 Å². The summed E-state index contributed by atoms with van der Waals surface area (Å²) < 4.78 is 0. The summed E-state index contributed by atoms with van der Waals surface area (Å²) in [4.78, 5) is 0. The number of hydrogen-bond acceptors (Lipinski definition) is 2. The molecule has 0 aromatic carbocycles. The summed E-state index contributed by atoms with van der Waals surface area (Å²) in [6.45, 7) is 2.37. The lowest BCUT2D eigenvalue weighted by Gasteiger charge is -2.32. The number of rotatable bonds is 3. The van der Waals surface area contributed by atoms with Crippen LogP contribution in [0.3, 0.4) is 0 Å². The number of hydrogen-bond donors (Lipinski definition) is 2. The van der Waals surface area contributed by atoms with E-state index in [-0.39, 0.29) is 0 Å². The molecule has 0 saturated heterocycles. The van der Waals surface area contributed by atoms with Crippen molar-refractivity contribution in [3.63, 3.8) is 0 Å². The van der Waals surface area contributed by atoms with Crippen LogP contribution in [-0.2, 0) is 0 Å². The van der Waals surface area contributed by atoms with Crippen LogP contribution in [0.5, 0.6) is 0 Å². The first-order valence-electron chi connectivity index (χ1n) is 5.77. The second kappa shape index (κ2) is 3.97. The molecule has 0 bridgehead atoms. The maximum atomic E-state index is 5.63. The third-order valence-electron chi connectivity index (χ3n) is 3.89. The minimum absolute atomic E-state index is 0.632. The molecule has 2 aliphatic rings. The molecule has 2 heteroatoms. The molecule has 2 rings (SSSR count). The van der Waals surface area contributed by atoms with Crippen LogP contribution in [0.15, 0.2) is 0 Å². The minimum Gasteiger partial charge on any atom is -0.271 e. The van der Waals surface area contributed by atoms with E-state index in [0.29, 0.717) is 6.04 Å². The van der Waals surface area contributed by atoms with Gasteiger partial charge in [-0.15, -0.1) is 0 Å². The molecule has 0 amide bonds. The zero-order valence-corrected chi connectivity index (χ0v) is 8.63. The average Bonchev–Trinajstić information content (AvgIpc) is 2.93. The number of hydrazine groups is 1. The number of nitrogens with one attached hydrogen (secondary N) is 1. The molecule has 0 radical (unpaired) electrons. The van der Waals surface area contributed by atoms with Crippen molar-refractivity contribution in [2.24, 2.45) is 23.6 Å². The topological polar surface area (TPSA) is 38.0 Å². The van der Waals surface area contributed by atoms with Gasteiger partial charge >= 0.3 is 0 Å². The van der Waals surface area contributed by atoms with Crippen LogP contribution in [-0.4, -0.2) is 6.04 Å². The molecule has 0 aromatic heterocycles. The molecule has 0 spiro atoms. The second-order valence-corrected chi connectivity index (χ2v) is 5.05. The van der Waals surface area contributed by atoms with Gasteiger partial charge in [-0.25, -0.2) is 0 Å². The van der Waals surface area contributed by atoms with Crippen molar-refractivity contribution in [2.75, 3.05) is 0 Å². The first kappa shape index (κ1) is 9.47.